The molecule has 0 aliphatic carbocycles. The highest BCUT2D eigenvalue weighted by molar-refractivity contribution is 5.97. The quantitative estimate of drug-likeness (QED) is 0.497. The Morgan fingerprint density at radius 1 is 1.42 bits per heavy atom. The molecule has 2 aromatic heterocycles. The van der Waals surface area contributed by atoms with Crippen molar-refractivity contribution < 1.29 is 17.1 Å². The number of amides is 1. The Morgan fingerprint density at radius 3 is 2.89 bits per heavy atom. The van der Waals surface area contributed by atoms with Crippen molar-refractivity contribution in [3.63, 3.8) is 0 Å². The number of fused-ring (bicyclic) bond motifs is 1. The normalized spacial score (nSPS) is 26.3. The van der Waals surface area contributed by atoms with Gasteiger partial charge < -0.3 is 20.3 Å². The number of carbonyl (C=O) groups excluding carboxylic acids is 1. The summed E-state index contributed by atoms with van der Waals surface area (Å²) in [4.78, 5) is 22.2. The lowest BCUT2D eigenvalue weighted by molar-refractivity contribution is -0.153. The van der Waals surface area contributed by atoms with Crippen LogP contribution >= 0.6 is 0 Å². The van der Waals surface area contributed by atoms with E-state index in [-0.39, 0.29) is 26.6 Å². The first-order chi connectivity index (χ1) is 17.3. The number of piperidine rings is 1. The van der Waals surface area contributed by atoms with Crippen LogP contribution in [-0.4, -0.2) is 51.6 Å². The average Bonchev–Trinajstić information content (AvgIpc) is 3.55. The standard InChI is InChI=1S/C28H32FN5O2.2H2/c1-4-20-15-34(27(35)23-6-5-8-31-23)14-17(3)28(20,36)25-16(2)10-18(11-22(25)29)21-7-9-32-26-24(21)19(12-30)13-33-26;;/h7,9-11,13,17,20,23,31,36H,4-6,8,14-15H2,1-3H3,(H,32,33);2*1H/t17-,20+,23+,28-;;/m1../s1. The van der Waals surface area contributed by atoms with Crippen molar-refractivity contribution in [1.82, 2.24) is 20.2 Å². The van der Waals surface area contributed by atoms with Crippen LogP contribution in [0.2, 0.25) is 0 Å². The Bertz CT molecular complexity index is 1340. The maximum absolute atomic E-state index is 16.0. The van der Waals surface area contributed by atoms with Gasteiger partial charge in [0.25, 0.3) is 0 Å². The Kier molecular flexibility index (Phi) is 6.31. The summed E-state index contributed by atoms with van der Waals surface area (Å²) in [6.45, 7) is 7.33. The molecule has 2 fully saturated rings. The van der Waals surface area contributed by atoms with Crippen molar-refractivity contribution in [1.29, 1.82) is 5.26 Å². The third kappa shape index (κ3) is 3.78. The van der Waals surface area contributed by atoms with Gasteiger partial charge in [0.1, 0.15) is 23.1 Å². The zero-order valence-corrected chi connectivity index (χ0v) is 20.9. The number of aliphatic hydroxyl groups is 1. The number of nitriles is 1. The number of H-pyrrole nitrogens is 1. The predicted molar refractivity (Wildman–Crippen MR) is 140 cm³/mol. The van der Waals surface area contributed by atoms with Gasteiger partial charge in [-0.3, -0.25) is 4.79 Å². The molecule has 7 nitrogen and oxygen atoms in total. The van der Waals surface area contributed by atoms with E-state index in [0.29, 0.717) is 58.4 Å². The third-order valence-corrected chi connectivity index (χ3v) is 8.16. The lowest BCUT2D eigenvalue weighted by atomic mass is 9.67. The number of aromatic amines is 1. The van der Waals surface area contributed by atoms with Gasteiger partial charge in [0.15, 0.2) is 0 Å². The van der Waals surface area contributed by atoms with Gasteiger partial charge in [-0.2, -0.15) is 5.26 Å². The van der Waals surface area contributed by atoms with Crippen LogP contribution in [0.4, 0.5) is 4.39 Å². The molecule has 4 heterocycles. The Balaban J connectivity index is 0.00000200. The molecule has 2 aliphatic rings. The predicted octanol–water partition coefficient (Wildman–Crippen LogP) is 4.49. The van der Waals surface area contributed by atoms with Gasteiger partial charge in [-0.1, -0.05) is 19.9 Å². The van der Waals surface area contributed by atoms with E-state index in [2.05, 4.69) is 21.4 Å². The fraction of sp³-hybridized carbons (Fsp3) is 0.464. The number of halogens is 1. The fourth-order valence-electron chi connectivity index (χ4n) is 6.33. The molecule has 0 spiro atoms. The maximum Gasteiger partial charge on any atom is 0.239 e. The van der Waals surface area contributed by atoms with E-state index in [0.717, 1.165) is 19.4 Å². The van der Waals surface area contributed by atoms with Crippen LogP contribution in [0.15, 0.2) is 30.6 Å². The van der Waals surface area contributed by atoms with Crippen molar-refractivity contribution in [2.24, 2.45) is 11.8 Å². The first kappa shape index (κ1) is 24.4. The van der Waals surface area contributed by atoms with E-state index >= 15 is 4.39 Å². The van der Waals surface area contributed by atoms with Crippen LogP contribution in [0, 0.1) is 35.9 Å². The summed E-state index contributed by atoms with van der Waals surface area (Å²) < 4.78 is 16.0. The van der Waals surface area contributed by atoms with Crippen molar-refractivity contribution in [2.75, 3.05) is 19.6 Å². The molecule has 0 saturated carbocycles. The zero-order valence-electron chi connectivity index (χ0n) is 20.9. The molecule has 0 unspecified atom stereocenters. The molecule has 2 aliphatic heterocycles. The second-order valence-electron chi connectivity index (χ2n) is 10.3. The molecule has 1 aromatic carbocycles. The van der Waals surface area contributed by atoms with Crippen molar-refractivity contribution in [3.8, 4) is 17.2 Å². The highest BCUT2D eigenvalue weighted by atomic mass is 19.1. The number of nitrogens with zero attached hydrogens (tertiary/aromatic N) is 3. The van der Waals surface area contributed by atoms with E-state index in [1.807, 2.05) is 31.7 Å². The van der Waals surface area contributed by atoms with Crippen LogP contribution in [0.25, 0.3) is 22.2 Å². The number of nitrogens with one attached hydrogen (secondary N) is 2. The summed E-state index contributed by atoms with van der Waals surface area (Å²) >= 11 is 0. The average molecular weight is 494 g/mol. The second-order valence-corrected chi connectivity index (χ2v) is 10.3. The molecule has 2 saturated heterocycles. The number of aromatic nitrogens is 2. The number of hydrogen-bond donors (Lipinski definition) is 3. The summed E-state index contributed by atoms with van der Waals surface area (Å²) in [6, 6.07) is 7.10. The molecule has 192 valence electrons. The highest BCUT2D eigenvalue weighted by Crippen LogP contribution is 2.46. The fourth-order valence-corrected chi connectivity index (χ4v) is 6.33. The Morgan fingerprint density at radius 2 is 2.22 bits per heavy atom. The van der Waals surface area contributed by atoms with E-state index < -0.39 is 11.4 Å². The number of carbonyl (C=O) groups is 1. The third-order valence-electron chi connectivity index (χ3n) is 8.16. The number of aryl methyl sites for hydroxylation is 1. The van der Waals surface area contributed by atoms with Gasteiger partial charge in [0.05, 0.1) is 11.6 Å². The minimum Gasteiger partial charge on any atom is -0.384 e. The summed E-state index contributed by atoms with van der Waals surface area (Å²) in [5, 5.41) is 25.6. The van der Waals surface area contributed by atoms with E-state index in [1.165, 1.54) is 6.07 Å². The smallest absolute Gasteiger partial charge is 0.239 e. The summed E-state index contributed by atoms with van der Waals surface area (Å²) in [6.07, 6.45) is 5.66. The van der Waals surface area contributed by atoms with Crippen LogP contribution in [0.3, 0.4) is 0 Å². The lowest BCUT2D eigenvalue weighted by Crippen LogP contribution is -2.59. The summed E-state index contributed by atoms with van der Waals surface area (Å²) in [5.74, 6) is -1.04. The Hall–Kier alpha value is -3.28. The van der Waals surface area contributed by atoms with E-state index in [9.17, 15) is 15.2 Å². The minimum atomic E-state index is -1.40. The molecule has 3 aromatic rings. The second kappa shape index (κ2) is 9.30. The number of hydrogen-bond acceptors (Lipinski definition) is 5. The summed E-state index contributed by atoms with van der Waals surface area (Å²) in [7, 11) is 0. The van der Waals surface area contributed by atoms with Gasteiger partial charge in [-0.05, 0) is 61.6 Å². The minimum absolute atomic E-state index is 0. The topological polar surface area (TPSA) is 105 Å². The summed E-state index contributed by atoms with van der Waals surface area (Å²) in [5.41, 5.74) is 1.90. The molecule has 5 rings (SSSR count). The number of rotatable bonds is 4. The largest absolute Gasteiger partial charge is 0.384 e. The highest BCUT2D eigenvalue weighted by Gasteiger charge is 2.50. The molecule has 3 N–H and O–H groups in total. The van der Waals surface area contributed by atoms with Crippen LogP contribution in [0.5, 0.6) is 0 Å². The van der Waals surface area contributed by atoms with Crippen molar-refractivity contribution in [2.45, 2.75) is 51.7 Å². The molecule has 1 amide bonds. The maximum atomic E-state index is 16.0. The van der Waals surface area contributed by atoms with Crippen molar-refractivity contribution >= 4 is 16.9 Å². The van der Waals surface area contributed by atoms with Gasteiger partial charge >= 0.3 is 0 Å². The van der Waals surface area contributed by atoms with Crippen LogP contribution in [0.1, 0.15) is 52.7 Å². The first-order valence-electron chi connectivity index (χ1n) is 12.7. The van der Waals surface area contributed by atoms with Gasteiger partial charge in [0, 0.05) is 51.1 Å². The molecule has 0 bridgehead atoms. The van der Waals surface area contributed by atoms with Gasteiger partial charge in [-0.15, -0.1) is 0 Å². The molecular weight excluding hydrogens is 457 g/mol. The van der Waals surface area contributed by atoms with Crippen LogP contribution < -0.4 is 5.32 Å². The van der Waals surface area contributed by atoms with Gasteiger partial charge in [-0.25, -0.2) is 9.37 Å². The lowest BCUT2D eigenvalue weighted by Gasteiger charge is -2.50. The van der Waals surface area contributed by atoms with E-state index in [1.54, 1.807) is 18.5 Å². The molecule has 36 heavy (non-hydrogen) atoms. The molecule has 8 heteroatoms. The SMILES string of the molecule is CC[C@H]1CN(C(=O)[C@@H]2CCCN2)C[C@@H](C)[C@]1(O)c1c(C)cc(-c2ccnc3[nH]cc(C#N)c23)cc1F.[HH].[HH]. The first-order valence-corrected chi connectivity index (χ1v) is 12.7. The Labute approximate surface area is 213 Å². The molecule has 4 atom stereocenters. The molecule has 0 radical (unpaired) electrons. The zero-order chi connectivity index (χ0) is 25.6. The number of pyridine rings is 1. The number of benzene rings is 1. The molecular formula is C28H36FN5O2. The number of likely N-dealkylation sites (tertiary alicyclic amines) is 1. The monoisotopic (exact) mass is 493 g/mol. The van der Waals surface area contributed by atoms with Crippen LogP contribution in [-0.2, 0) is 10.4 Å². The van der Waals surface area contributed by atoms with Gasteiger partial charge in [0.2, 0.25) is 5.91 Å². The van der Waals surface area contributed by atoms with E-state index in [4.69, 9.17) is 0 Å². The van der Waals surface area contributed by atoms with Crippen molar-refractivity contribution in [3.05, 3.63) is 53.1 Å².